The molecule has 3 N–H and O–H groups in total. The summed E-state index contributed by atoms with van der Waals surface area (Å²) < 4.78 is 0. The Hall–Kier alpha value is -0.120. The van der Waals surface area contributed by atoms with Crippen molar-refractivity contribution in [2.45, 2.75) is 45.2 Å². The Morgan fingerprint density at radius 1 is 1.43 bits per heavy atom. The molecule has 1 fully saturated rings. The van der Waals surface area contributed by atoms with Crippen molar-refractivity contribution in [2.24, 2.45) is 5.73 Å². The van der Waals surface area contributed by atoms with Gasteiger partial charge in [0.15, 0.2) is 0 Å². The zero-order valence-corrected chi connectivity index (χ0v) is 9.63. The minimum Gasteiger partial charge on any atom is -0.329 e. The number of nitrogens with two attached hydrogens (primary N) is 1. The number of likely N-dealkylation sites (tertiary alicyclic amines) is 1. The van der Waals surface area contributed by atoms with Gasteiger partial charge in [-0.15, -0.1) is 0 Å². The lowest BCUT2D eigenvalue weighted by Gasteiger charge is -2.33. The fraction of sp³-hybridized carbons (Fsp3) is 1.00. The number of hydrogen-bond acceptors (Lipinski definition) is 3. The van der Waals surface area contributed by atoms with Gasteiger partial charge >= 0.3 is 0 Å². The van der Waals surface area contributed by atoms with Gasteiger partial charge in [0.2, 0.25) is 0 Å². The lowest BCUT2D eigenvalue weighted by molar-refractivity contribution is 0.193. The van der Waals surface area contributed by atoms with Crippen LogP contribution in [0, 0.1) is 0 Å². The third-order valence-electron chi connectivity index (χ3n) is 3.00. The standard InChI is InChI=1S/C11H25N3/c1-3-6-14-7-4-11(5-8-14)13-10(2)9-12/h10-11,13H,3-9,12H2,1-2H3. The Labute approximate surface area is 88.0 Å². The van der Waals surface area contributed by atoms with Crippen LogP contribution in [0.25, 0.3) is 0 Å². The number of nitrogens with one attached hydrogen (secondary N) is 1. The molecular weight excluding hydrogens is 174 g/mol. The molecule has 0 aliphatic carbocycles. The van der Waals surface area contributed by atoms with Crippen molar-refractivity contribution < 1.29 is 0 Å². The second kappa shape index (κ2) is 6.38. The van der Waals surface area contributed by atoms with Crippen LogP contribution in [0.1, 0.15) is 33.1 Å². The van der Waals surface area contributed by atoms with Gasteiger partial charge < -0.3 is 16.0 Å². The van der Waals surface area contributed by atoms with Gasteiger partial charge in [-0.1, -0.05) is 6.92 Å². The van der Waals surface area contributed by atoms with Gasteiger partial charge in [0.25, 0.3) is 0 Å². The van der Waals surface area contributed by atoms with Crippen molar-refractivity contribution in [1.29, 1.82) is 0 Å². The van der Waals surface area contributed by atoms with E-state index >= 15 is 0 Å². The summed E-state index contributed by atoms with van der Waals surface area (Å²) in [5, 5.41) is 3.58. The highest BCUT2D eigenvalue weighted by Gasteiger charge is 2.18. The molecule has 1 aliphatic heterocycles. The molecule has 0 aromatic rings. The minimum atomic E-state index is 0.470. The Kier molecular flexibility index (Phi) is 5.45. The first-order valence-corrected chi connectivity index (χ1v) is 5.94. The molecule has 1 saturated heterocycles. The second-order valence-corrected chi connectivity index (χ2v) is 4.42. The number of nitrogens with zero attached hydrogens (tertiary/aromatic N) is 1. The molecule has 1 heterocycles. The summed E-state index contributed by atoms with van der Waals surface area (Å²) in [6.45, 7) is 8.93. The zero-order valence-electron chi connectivity index (χ0n) is 9.63. The first-order valence-electron chi connectivity index (χ1n) is 5.94. The molecular formula is C11H25N3. The highest BCUT2D eigenvalue weighted by atomic mass is 15.1. The fourth-order valence-electron chi connectivity index (χ4n) is 2.11. The van der Waals surface area contributed by atoms with Crippen molar-refractivity contribution in [3.8, 4) is 0 Å². The molecule has 14 heavy (non-hydrogen) atoms. The van der Waals surface area contributed by atoms with Gasteiger partial charge in [0.05, 0.1) is 0 Å². The highest BCUT2D eigenvalue weighted by molar-refractivity contribution is 4.79. The Morgan fingerprint density at radius 3 is 2.57 bits per heavy atom. The topological polar surface area (TPSA) is 41.3 Å². The van der Waals surface area contributed by atoms with Crippen LogP contribution in [-0.4, -0.2) is 43.2 Å². The summed E-state index contributed by atoms with van der Waals surface area (Å²) in [6.07, 6.45) is 3.84. The average molecular weight is 199 g/mol. The molecule has 0 amide bonds. The summed E-state index contributed by atoms with van der Waals surface area (Å²) in [4.78, 5) is 2.56. The number of hydrogen-bond donors (Lipinski definition) is 2. The monoisotopic (exact) mass is 199 g/mol. The first kappa shape index (κ1) is 12.0. The van der Waals surface area contributed by atoms with Crippen molar-refractivity contribution in [3.63, 3.8) is 0 Å². The molecule has 1 rings (SSSR count). The number of piperidine rings is 1. The Bertz CT molecular complexity index is 141. The fourth-order valence-corrected chi connectivity index (χ4v) is 2.11. The lowest BCUT2D eigenvalue weighted by atomic mass is 10.0. The summed E-state index contributed by atoms with van der Waals surface area (Å²) in [6, 6.07) is 1.17. The maximum atomic E-state index is 5.59. The van der Waals surface area contributed by atoms with Crippen molar-refractivity contribution in [2.75, 3.05) is 26.2 Å². The van der Waals surface area contributed by atoms with E-state index in [2.05, 4.69) is 24.1 Å². The minimum absolute atomic E-state index is 0.470. The van der Waals surface area contributed by atoms with E-state index in [9.17, 15) is 0 Å². The molecule has 0 saturated carbocycles. The predicted molar refractivity (Wildman–Crippen MR) is 61.4 cm³/mol. The average Bonchev–Trinajstić information content (AvgIpc) is 2.21. The van der Waals surface area contributed by atoms with Crippen LogP contribution in [0.5, 0.6) is 0 Å². The van der Waals surface area contributed by atoms with Gasteiger partial charge in [0.1, 0.15) is 0 Å². The molecule has 0 aromatic carbocycles. The van der Waals surface area contributed by atoms with Crippen LogP contribution >= 0.6 is 0 Å². The van der Waals surface area contributed by atoms with E-state index in [4.69, 9.17) is 5.73 Å². The van der Waals surface area contributed by atoms with E-state index in [1.807, 2.05) is 0 Å². The van der Waals surface area contributed by atoms with Crippen LogP contribution in [0.3, 0.4) is 0 Å². The van der Waals surface area contributed by atoms with E-state index in [0.717, 1.165) is 6.54 Å². The summed E-state index contributed by atoms with van der Waals surface area (Å²) in [5.74, 6) is 0. The molecule has 84 valence electrons. The zero-order chi connectivity index (χ0) is 10.4. The van der Waals surface area contributed by atoms with Crippen LogP contribution in [-0.2, 0) is 0 Å². The number of rotatable bonds is 5. The largest absolute Gasteiger partial charge is 0.329 e. The second-order valence-electron chi connectivity index (χ2n) is 4.42. The van der Waals surface area contributed by atoms with Crippen LogP contribution in [0.15, 0.2) is 0 Å². The van der Waals surface area contributed by atoms with E-state index in [-0.39, 0.29) is 0 Å². The van der Waals surface area contributed by atoms with Gasteiger partial charge in [-0.25, -0.2) is 0 Å². The first-order chi connectivity index (χ1) is 6.76. The van der Waals surface area contributed by atoms with Gasteiger partial charge in [-0.3, -0.25) is 0 Å². The smallest absolute Gasteiger partial charge is 0.0164 e. The molecule has 3 nitrogen and oxygen atoms in total. The molecule has 0 radical (unpaired) electrons. The molecule has 1 aliphatic rings. The normalized spacial score (nSPS) is 22.5. The molecule has 3 heteroatoms. The van der Waals surface area contributed by atoms with Crippen LogP contribution in [0.4, 0.5) is 0 Å². The maximum absolute atomic E-state index is 5.59. The van der Waals surface area contributed by atoms with Crippen molar-refractivity contribution in [1.82, 2.24) is 10.2 Å². The summed E-state index contributed by atoms with van der Waals surface area (Å²) in [5.41, 5.74) is 5.59. The summed E-state index contributed by atoms with van der Waals surface area (Å²) in [7, 11) is 0. The van der Waals surface area contributed by atoms with E-state index in [1.165, 1.54) is 38.9 Å². The van der Waals surface area contributed by atoms with Crippen LogP contribution < -0.4 is 11.1 Å². The van der Waals surface area contributed by atoms with Crippen LogP contribution in [0.2, 0.25) is 0 Å². The quantitative estimate of drug-likeness (QED) is 0.688. The van der Waals surface area contributed by atoms with E-state index in [1.54, 1.807) is 0 Å². The third-order valence-corrected chi connectivity index (χ3v) is 3.00. The lowest BCUT2D eigenvalue weighted by Crippen LogP contribution is -2.47. The maximum Gasteiger partial charge on any atom is 0.0164 e. The predicted octanol–water partition coefficient (Wildman–Crippen LogP) is 0.798. The molecule has 0 spiro atoms. The molecule has 1 atom stereocenters. The Balaban J connectivity index is 2.15. The molecule has 1 unspecified atom stereocenters. The SMILES string of the molecule is CCCN1CCC(NC(C)CN)CC1. The third kappa shape index (κ3) is 3.95. The van der Waals surface area contributed by atoms with Crippen molar-refractivity contribution >= 4 is 0 Å². The van der Waals surface area contributed by atoms with E-state index in [0.29, 0.717) is 12.1 Å². The summed E-state index contributed by atoms with van der Waals surface area (Å²) >= 11 is 0. The molecule has 0 bridgehead atoms. The van der Waals surface area contributed by atoms with Gasteiger partial charge in [0, 0.05) is 18.6 Å². The molecule has 0 aromatic heterocycles. The van der Waals surface area contributed by atoms with Crippen molar-refractivity contribution in [3.05, 3.63) is 0 Å². The van der Waals surface area contributed by atoms with Gasteiger partial charge in [-0.2, -0.15) is 0 Å². The van der Waals surface area contributed by atoms with E-state index < -0.39 is 0 Å². The Morgan fingerprint density at radius 2 is 2.07 bits per heavy atom. The highest BCUT2D eigenvalue weighted by Crippen LogP contribution is 2.10. The van der Waals surface area contributed by atoms with Gasteiger partial charge in [-0.05, 0) is 45.8 Å².